The summed E-state index contributed by atoms with van der Waals surface area (Å²) in [5.41, 5.74) is 2.29. The largest absolute Gasteiger partial charge is 0.490 e. The van der Waals surface area contributed by atoms with Crippen LogP contribution in [0.5, 0.6) is 11.5 Å². The van der Waals surface area contributed by atoms with Gasteiger partial charge in [-0.2, -0.15) is 0 Å². The summed E-state index contributed by atoms with van der Waals surface area (Å²) in [6, 6.07) is 16.6. The minimum absolute atomic E-state index is 0.141. The zero-order valence-corrected chi connectivity index (χ0v) is 21.9. The van der Waals surface area contributed by atoms with E-state index in [9.17, 15) is 14.4 Å². The van der Waals surface area contributed by atoms with Crippen molar-refractivity contribution in [3.63, 3.8) is 0 Å². The van der Waals surface area contributed by atoms with E-state index in [0.717, 1.165) is 22.9 Å². The number of ether oxygens (including phenoxy) is 2. The monoisotopic (exact) mass is 557 g/mol. The first-order valence-electron chi connectivity index (χ1n) is 11.2. The number of hydrogen-bond donors (Lipinski definition) is 1. The van der Waals surface area contributed by atoms with Gasteiger partial charge in [-0.3, -0.25) is 14.5 Å². The average molecular weight is 558 g/mol. The summed E-state index contributed by atoms with van der Waals surface area (Å²) >= 11 is 13.3. The van der Waals surface area contributed by atoms with Crippen LogP contribution in [-0.4, -0.2) is 33.7 Å². The molecule has 1 aliphatic rings. The molecular formula is C27H21Cl2NO6S. The Labute approximate surface area is 227 Å². The lowest BCUT2D eigenvalue weighted by atomic mass is 10.1. The highest BCUT2D eigenvalue weighted by molar-refractivity contribution is 8.18. The topological polar surface area (TPSA) is 93.1 Å². The third-order valence-electron chi connectivity index (χ3n) is 5.34. The van der Waals surface area contributed by atoms with E-state index in [1.165, 1.54) is 17.0 Å². The number of amides is 2. The third-order valence-corrected chi connectivity index (χ3v) is 6.78. The Hall–Kier alpha value is -3.46. The fourth-order valence-electron chi connectivity index (χ4n) is 3.53. The molecule has 0 aromatic heterocycles. The quantitative estimate of drug-likeness (QED) is 0.286. The van der Waals surface area contributed by atoms with Crippen LogP contribution in [0.15, 0.2) is 65.6 Å². The second-order valence-corrected chi connectivity index (χ2v) is 9.78. The summed E-state index contributed by atoms with van der Waals surface area (Å²) in [5, 5.41) is 9.52. The Morgan fingerprint density at radius 2 is 1.68 bits per heavy atom. The molecule has 7 nitrogen and oxygen atoms in total. The fraction of sp³-hybridized carbons (Fsp3) is 0.148. The van der Waals surface area contributed by atoms with Gasteiger partial charge in [-0.05, 0) is 77.9 Å². The number of carboxylic acids is 1. The first-order chi connectivity index (χ1) is 17.7. The van der Waals surface area contributed by atoms with Crippen molar-refractivity contribution in [2.75, 3.05) is 6.61 Å². The number of carbonyl (C=O) groups is 3. The second kappa shape index (κ2) is 11.7. The second-order valence-electron chi connectivity index (χ2n) is 7.95. The Morgan fingerprint density at radius 1 is 1.00 bits per heavy atom. The number of thioether (sulfide) groups is 1. The van der Waals surface area contributed by atoms with E-state index in [0.29, 0.717) is 28.7 Å². The predicted octanol–water partition coefficient (Wildman–Crippen LogP) is 6.91. The number of halogens is 2. The van der Waals surface area contributed by atoms with E-state index in [4.69, 9.17) is 37.8 Å². The maximum absolute atomic E-state index is 12.9. The molecule has 2 amide bonds. The molecule has 0 atom stereocenters. The molecule has 0 radical (unpaired) electrons. The van der Waals surface area contributed by atoms with Gasteiger partial charge in [0.25, 0.3) is 11.1 Å². The van der Waals surface area contributed by atoms with Gasteiger partial charge in [-0.25, -0.2) is 4.79 Å². The van der Waals surface area contributed by atoms with Gasteiger partial charge in [-0.1, -0.05) is 47.5 Å². The van der Waals surface area contributed by atoms with Crippen molar-refractivity contribution in [2.24, 2.45) is 0 Å². The van der Waals surface area contributed by atoms with Crippen molar-refractivity contribution >= 4 is 58.2 Å². The summed E-state index contributed by atoms with van der Waals surface area (Å²) in [5.74, 6) is -0.709. The van der Waals surface area contributed by atoms with E-state index in [1.807, 2.05) is 6.92 Å². The molecule has 0 saturated carbocycles. The molecule has 37 heavy (non-hydrogen) atoms. The molecule has 0 aliphatic carbocycles. The molecule has 1 N–H and O–H groups in total. The van der Waals surface area contributed by atoms with Gasteiger partial charge in [0.1, 0.15) is 6.61 Å². The van der Waals surface area contributed by atoms with Gasteiger partial charge >= 0.3 is 5.97 Å². The van der Waals surface area contributed by atoms with Gasteiger partial charge in [0.05, 0.1) is 28.6 Å². The number of benzene rings is 3. The molecule has 190 valence electrons. The number of hydrogen-bond acceptors (Lipinski definition) is 6. The summed E-state index contributed by atoms with van der Waals surface area (Å²) in [6.45, 7) is 2.45. The number of imide groups is 1. The van der Waals surface area contributed by atoms with Crippen LogP contribution in [0.3, 0.4) is 0 Å². The zero-order chi connectivity index (χ0) is 26.5. The summed E-state index contributed by atoms with van der Waals surface area (Å²) in [6.07, 6.45) is 1.59. The number of aromatic carboxylic acids is 1. The third kappa shape index (κ3) is 6.46. The molecule has 3 aromatic carbocycles. The molecular weight excluding hydrogens is 537 g/mol. The van der Waals surface area contributed by atoms with Gasteiger partial charge < -0.3 is 14.6 Å². The number of rotatable bonds is 9. The molecule has 0 unspecified atom stereocenters. The van der Waals surface area contributed by atoms with Crippen LogP contribution in [0, 0.1) is 0 Å². The lowest BCUT2D eigenvalue weighted by Gasteiger charge is -2.15. The number of carboxylic acid groups (broad SMARTS) is 1. The van der Waals surface area contributed by atoms with Crippen molar-refractivity contribution in [3.05, 3.63) is 97.9 Å². The van der Waals surface area contributed by atoms with E-state index in [1.54, 1.807) is 54.6 Å². The molecule has 3 aromatic rings. The minimum Gasteiger partial charge on any atom is -0.490 e. The van der Waals surface area contributed by atoms with Crippen molar-refractivity contribution in [2.45, 2.75) is 20.1 Å². The molecule has 1 heterocycles. The Balaban J connectivity index is 1.52. The minimum atomic E-state index is -1.01. The van der Waals surface area contributed by atoms with Gasteiger partial charge in [0, 0.05) is 5.02 Å². The maximum atomic E-state index is 12.9. The highest BCUT2D eigenvalue weighted by atomic mass is 35.5. The van der Waals surface area contributed by atoms with E-state index in [2.05, 4.69) is 0 Å². The molecule has 1 fully saturated rings. The first kappa shape index (κ1) is 26.6. The van der Waals surface area contributed by atoms with Crippen LogP contribution in [0.1, 0.15) is 34.0 Å². The summed E-state index contributed by atoms with van der Waals surface area (Å²) in [4.78, 5) is 38.0. The Bertz CT molecular complexity index is 1370. The van der Waals surface area contributed by atoms with Crippen LogP contribution in [0.25, 0.3) is 6.08 Å². The van der Waals surface area contributed by atoms with Crippen LogP contribution < -0.4 is 9.47 Å². The number of nitrogens with zero attached hydrogens (tertiary/aromatic N) is 1. The van der Waals surface area contributed by atoms with Crippen molar-refractivity contribution in [1.82, 2.24) is 4.90 Å². The average Bonchev–Trinajstić information content (AvgIpc) is 3.12. The van der Waals surface area contributed by atoms with Crippen LogP contribution in [0.2, 0.25) is 10.0 Å². The normalized spacial score (nSPS) is 14.4. The van der Waals surface area contributed by atoms with Crippen molar-refractivity contribution < 1.29 is 29.0 Å². The fourth-order valence-corrected chi connectivity index (χ4v) is 4.77. The number of carbonyl (C=O) groups excluding carboxylic acids is 2. The van der Waals surface area contributed by atoms with Gasteiger partial charge in [0.2, 0.25) is 0 Å². The van der Waals surface area contributed by atoms with Crippen LogP contribution in [-0.2, 0) is 17.9 Å². The SMILES string of the molecule is CCOc1cc(/C=C2\SC(=O)N(Cc3ccc(Cl)cc3)C2=O)cc(Cl)c1OCc1ccc(C(=O)O)cc1. The smallest absolute Gasteiger partial charge is 0.335 e. The van der Waals surface area contributed by atoms with Crippen LogP contribution in [0.4, 0.5) is 4.79 Å². The maximum Gasteiger partial charge on any atom is 0.335 e. The predicted molar refractivity (Wildman–Crippen MR) is 143 cm³/mol. The van der Waals surface area contributed by atoms with Crippen molar-refractivity contribution in [3.8, 4) is 11.5 Å². The standard InChI is InChI=1S/C27H21Cl2NO6S/c1-2-35-22-12-18(11-21(29)24(22)36-15-17-3-7-19(8-4-17)26(32)33)13-23-25(31)30(27(34)37-23)14-16-5-9-20(28)10-6-16/h3-13H,2,14-15H2,1H3,(H,32,33)/b23-13-. The van der Waals surface area contributed by atoms with E-state index >= 15 is 0 Å². The molecule has 0 bridgehead atoms. The molecule has 10 heteroatoms. The molecule has 4 rings (SSSR count). The lowest BCUT2D eigenvalue weighted by molar-refractivity contribution is -0.123. The van der Waals surface area contributed by atoms with E-state index in [-0.39, 0.29) is 33.9 Å². The van der Waals surface area contributed by atoms with Crippen LogP contribution >= 0.6 is 35.0 Å². The van der Waals surface area contributed by atoms with Crippen molar-refractivity contribution in [1.29, 1.82) is 0 Å². The molecule has 1 aliphatic heterocycles. The van der Waals surface area contributed by atoms with E-state index < -0.39 is 11.9 Å². The first-order valence-corrected chi connectivity index (χ1v) is 12.7. The highest BCUT2D eigenvalue weighted by Crippen LogP contribution is 2.40. The molecule has 1 saturated heterocycles. The molecule has 0 spiro atoms. The Morgan fingerprint density at radius 3 is 2.32 bits per heavy atom. The summed E-state index contributed by atoms with van der Waals surface area (Å²) < 4.78 is 11.6. The summed E-state index contributed by atoms with van der Waals surface area (Å²) in [7, 11) is 0. The Kier molecular flexibility index (Phi) is 8.43. The lowest BCUT2D eigenvalue weighted by Crippen LogP contribution is -2.27. The van der Waals surface area contributed by atoms with Gasteiger partial charge in [0.15, 0.2) is 11.5 Å². The zero-order valence-electron chi connectivity index (χ0n) is 19.6. The highest BCUT2D eigenvalue weighted by Gasteiger charge is 2.35. The van der Waals surface area contributed by atoms with Gasteiger partial charge in [-0.15, -0.1) is 0 Å².